The Kier molecular flexibility index (Phi) is 4.52. The minimum atomic E-state index is -1.07. The van der Waals surface area contributed by atoms with Gasteiger partial charge in [0, 0.05) is 13.1 Å². The normalized spacial score (nSPS) is 20.9. The minimum absolute atomic E-state index is 0.0210. The van der Waals surface area contributed by atoms with Crippen molar-refractivity contribution in [3.63, 3.8) is 0 Å². The Morgan fingerprint density at radius 3 is 2.89 bits per heavy atom. The first-order valence-electron chi connectivity index (χ1n) is 5.99. The van der Waals surface area contributed by atoms with Crippen LogP contribution >= 0.6 is 0 Å². The molecule has 0 aliphatic carbocycles. The lowest BCUT2D eigenvalue weighted by Gasteiger charge is -2.31. The molecule has 4 N–H and O–H groups in total. The van der Waals surface area contributed by atoms with E-state index in [-0.39, 0.29) is 24.2 Å². The van der Waals surface area contributed by atoms with E-state index in [1.54, 1.807) is 13.8 Å². The molecule has 1 fully saturated rings. The van der Waals surface area contributed by atoms with Gasteiger partial charge in [-0.25, -0.2) is 0 Å². The summed E-state index contributed by atoms with van der Waals surface area (Å²) < 4.78 is 0. The number of amides is 2. The lowest BCUT2D eigenvalue weighted by atomic mass is 9.84. The highest BCUT2D eigenvalue weighted by atomic mass is 16.4. The van der Waals surface area contributed by atoms with Crippen LogP contribution in [0.2, 0.25) is 0 Å². The van der Waals surface area contributed by atoms with Gasteiger partial charge in [0.25, 0.3) is 0 Å². The summed E-state index contributed by atoms with van der Waals surface area (Å²) in [5.74, 6) is -0.587. The molecule has 0 aromatic heterocycles. The van der Waals surface area contributed by atoms with E-state index in [9.17, 15) is 9.59 Å². The Balaban J connectivity index is 2.92. The third-order valence-corrected chi connectivity index (χ3v) is 3.40. The van der Waals surface area contributed by atoms with Crippen LogP contribution in [-0.4, -0.2) is 47.4 Å². The molecule has 0 radical (unpaired) electrons. The second-order valence-corrected chi connectivity index (χ2v) is 4.60. The lowest BCUT2D eigenvalue weighted by molar-refractivity contribution is -0.140. The van der Waals surface area contributed by atoms with E-state index >= 15 is 0 Å². The molecular formula is C11H20N4O3. The number of hydrogen-bond donors (Lipinski definition) is 3. The predicted molar refractivity (Wildman–Crippen MR) is 66.0 cm³/mol. The van der Waals surface area contributed by atoms with E-state index in [1.165, 1.54) is 4.90 Å². The van der Waals surface area contributed by atoms with Crippen LogP contribution in [0.1, 0.15) is 26.7 Å². The van der Waals surface area contributed by atoms with Crippen molar-refractivity contribution in [2.24, 2.45) is 16.3 Å². The van der Waals surface area contributed by atoms with Gasteiger partial charge in [-0.15, -0.1) is 0 Å². The first-order chi connectivity index (χ1) is 8.45. The topological polar surface area (TPSA) is 108 Å². The fourth-order valence-corrected chi connectivity index (χ4v) is 1.88. The maximum atomic E-state index is 12.4. The van der Waals surface area contributed by atoms with Gasteiger partial charge < -0.3 is 21.2 Å². The molecule has 7 heteroatoms. The van der Waals surface area contributed by atoms with Crippen LogP contribution in [-0.2, 0) is 9.59 Å². The molecule has 7 nitrogen and oxygen atoms in total. The molecular weight excluding hydrogens is 236 g/mol. The number of amidine groups is 1. The van der Waals surface area contributed by atoms with Gasteiger partial charge in [-0.2, -0.15) is 0 Å². The standard InChI is InChI=1S/C11H20N4O3/c1-3-11(2,9(12)14-18)10(17)15-6-4-5-13-8(16)7-15/h18H,3-7H2,1-2H3,(H2,12,14)(H,13,16). The molecule has 1 aliphatic heterocycles. The fraction of sp³-hybridized carbons (Fsp3) is 0.727. The van der Waals surface area contributed by atoms with Crippen LogP contribution in [0.25, 0.3) is 0 Å². The zero-order chi connectivity index (χ0) is 13.8. The summed E-state index contributed by atoms with van der Waals surface area (Å²) in [7, 11) is 0. The number of carbonyl (C=O) groups excluding carboxylic acids is 2. The molecule has 1 saturated heterocycles. The number of rotatable bonds is 3. The number of nitrogens with zero attached hydrogens (tertiary/aromatic N) is 2. The van der Waals surface area contributed by atoms with Crippen molar-refractivity contribution < 1.29 is 14.8 Å². The summed E-state index contributed by atoms with van der Waals surface area (Å²) in [6.07, 6.45) is 1.10. The molecule has 0 spiro atoms. The molecule has 0 bridgehead atoms. The van der Waals surface area contributed by atoms with Crippen LogP contribution in [0, 0.1) is 5.41 Å². The average molecular weight is 256 g/mol. The highest BCUT2D eigenvalue weighted by molar-refractivity contribution is 6.07. The van der Waals surface area contributed by atoms with Gasteiger partial charge >= 0.3 is 0 Å². The maximum absolute atomic E-state index is 12.4. The van der Waals surface area contributed by atoms with Crippen molar-refractivity contribution in [2.45, 2.75) is 26.7 Å². The average Bonchev–Trinajstić information content (AvgIpc) is 2.60. The number of hydrogen-bond acceptors (Lipinski definition) is 4. The van der Waals surface area contributed by atoms with Crippen LogP contribution in [0.5, 0.6) is 0 Å². The molecule has 1 atom stereocenters. The van der Waals surface area contributed by atoms with E-state index in [0.29, 0.717) is 25.9 Å². The molecule has 102 valence electrons. The highest BCUT2D eigenvalue weighted by Crippen LogP contribution is 2.25. The van der Waals surface area contributed by atoms with Gasteiger partial charge in [0.2, 0.25) is 11.8 Å². The Morgan fingerprint density at radius 2 is 2.33 bits per heavy atom. The van der Waals surface area contributed by atoms with Crippen molar-refractivity contribution in [3.05, 3.63) is 0 Å². The van der Waals surface area contributed by atoms with Crippen LogP contribution in [0.4, 0.5) is 0 Å². The molecule has 1 unspecified atom stereocenters. The van der Waals surface area contributed by atoms with Crippen molar-refractivity contribution in [1.29, 1.82) is 0 Å². The predicted octanol–water partition coefficient (Wildman–Crippen LogP) is -0.502. The Hall–Kier alpha value is -1.79. The Labute approximate surface area is 106 Å². The second kappa shape index (κ2) is 5.70. The monoisotopic (exact) mass is 256 g/mol. The van der Waals surface area contributed by atoms with Gasteiger partial charge in [-0.05, 0) is 19.8 Å². The van der Waals surface area contributed by atoms with Crippen LogP contribution in [0.3, 0.4) is 0 Å². The zero-order valence-corrected chi connectivity index (χ0v) is 10.8. The van der Waals surface area contributed by atoms with Crippen molar-refractivity contribution >= 4 is 17.6 Å². The van der Waals surface area contributed by atoms with Gasteiger partial charge in [0.05, 0.1) is 6.54 Å². The molecule has 1 heterocycles. The van der Waals surface area contributed by atoms with Crippen molar-refractivity contribution in [3.8, 4) is 0 Å². The van der Waals surface area contributed by atoms with Crippen LogP contribution < -0.4 is 11.1 Å². The van der Waals surface area contributed by atoms with Crippen LogP contribution in [0.15, 0.2) is 5.16 Å². The van der Waals surface area contributed by atoms with E-state index < -0.39 is 5.41 Å². The second-order valence-electron chi connectivity index (χ2n) is 4.60. The molecule has 2 amide bonds. The molecule has 0 aromatic carbocycles. The van der Waals surface area contributed by atoms with E-state index in [4.69, 9.17) is 10.9 Å². The number of carbonyl (C=O) groups is 2. The number of nitrogens with one attached hydrogen (secondary N) is 1. The smallest absolute Gasteiger partial charge is 0.239 e. The SMILES string of the molecule is CCC(C)(C(=O)N1CCCNC(=O)C1)C(N)=NO. The molecule has 0 aromatic rings. The van der Waals surface area contributed by atoms with Gasteiger partial charge in [0.15, 0.2) is 5.84 Å². The largest absolute Gasteiger partial charge is 0.409 e. The summed E-state index contributed by atoms with van der Waals surface area (Å²) in [6, 6.07) is 0. The number of nitrogens with two attached hydrogens (primary N) is 1. The maximum Gasteiger partial charge on any atom is 0.239 e. The summed E-state index contributed by atoms with van der Waals surface area (Å²) in [4.78, 5) is 25.3. The molecule has 18 heavy (non-hydrogen) atoms. The summed E-state index contributed by atoms with van der Waals surface area (Å²) in [5.41, 5.74) is 4.53. The van der Waals surface area contributed by atoms with E-state index in [2.05, 4.69) is 10.5 Å². The summed E-state index contributed by atoms with van der Waals surface area (Å²) >= 11 is 0. The van der Waals surface area contributed by atoms with E-state index in [1.807, 2.05) is 0 Å². The van der Waals surface area contributed by atoms with Crippen molar-refractivity contribution in [2.75, 3.05) is 19.6 Å². The van der Waals surface area contributed by atoms with Crippen molar-refractivity contribution in [1.82, 2.24) is 10.2 Å². The highest BCUT2D eigenvalue weighted by Gasteiger charge is 2.40. The first-order valence-corrected chi connectivity index (χ1v) is 5.99. The number of oxime groups is 1. The van der Waals surface area contributed by atoms with Gasteiger partial charge in [-0.1, -0.05) is 12.1 Å². The third-order valence-electron chi connectivity index (χ3n) is 3.40. The molecule has 1 aliphatic rings. The zero-order valence-electron chi connectivity index (χ0n) is 10.8. The third kappa shape index (κ3) is 2.72. The summed E-state index contributed by atoms with van der Waals surface area (Å²) in [5, 5.41) is 14.4. The first kappa shape index (κ1) is 14.3. The quantitative estimate of drug-likeness (QED) is 0.274. The summed E-state index contributed by atoms with van der Waals surface area (Å²) in [6.45, 7) is 4.48. The fourth-order valence-electron chi connectivity index (χ4n) is 1.88. The Bertz CT molecular complexity index is 369. The molecule has 1 rings (SSSR count). The molecule has 0 saturated carbocycles. The Morgan fingerprint density at radius 1 is 1.67 bits per heavy atom. The lowest BCUT2D eigenvalue weighted by Crippen LogP contribution is -2.51. The minimum Gasteiger partial charge on any atom is -0.409 e. The van der Waals surface area contributed by atoms with Gasteiger partial charge in [0.1, 0.15) is 5.41 Å². The van der Waals surface area contributed by atoms with Gasteiger partial charge in [-0.3, -0.25) is 9.59 Å². The van der Waals surface area contributed by atoms with E-state index in [0.717, 1.165) is 0 Å².